The van der Waals surface area contributed by atoms with E-state index in [-0.39, 0.29) is 11.2 Å². The molecule has 1 aromatic carbocycles. The Morgan fingerprint density at radius 3 is 2.67 bits per heavy atom. The van der Waals surface area contributed by atoms with E-state index >= 15 is 0 Å². The average Bonchev–Trinajstić information content (AvgIpc) is 3.26. The number of aryl methyl sites for hydroxylation is 1. The van der Waals surface area contributed by atoms with Crippen molar-refractivity contribution in [1.29, 1.82) is 0 Å². The molecular formula is C22H29NO4. The Hall–Kier alpha value is -1.59. The van der Waals surface area contributed by atoms with Gasteiger partial charge in [-0.05, 0) is 73.1 Å². The van der Waals surface area contributed by atoms with Gasteiger partial charge in [0.1, 0.15) is 5.75 Å². The van der Waals surface area contributed by atoms with E-state index in [1.165, 1.54) is 24.0 Å². The second kappa shape index (κ2) is 5.95. The first-order valence-electron chi connectivity index (χ1n) is 10.3. The minimum absolute atomic E-state index is 0.111. The van der Waals surface area contributed by atoms with Gasteiger partial charge in [0.25, 0.3) is 5.91 Å². The highest BCUT2D eigenvalue weighted by molar-refractivity contribution is 5.96. The topological polar surface area (TPSA) is 70.8 Å². The van der Waals surface area contributed by atoms with Crippen LogP contribution in [0.4, 0.5) is 0 Å². The molecule has 27 heavy (non-hydrogen) atoms. The zero-order chi connectivity index (χ0) is 18.8. The Bertz CT molecular complexity index is 785. The van der Waals surface area contributed by atoms with E-state index in [1.807, 2.05) is 6.07 Å². The van der Waals surface area contributed by atoms with Crippen molar-refractivity contribution in [2.75, 3.05) is 20.3 Å². The number of carbonyl (C=O) groups is 1. The van der Waals surface area contributed by atoms with Gasteiger partial charge in [0.2, 0.25) is 0 Å². The Balaban J connectivity index is 1.52. The summed E-state index contributed by atoms with van der Waals surface area (Å²) < 4.78 is 17.9. The molecule has 1 aromatic rings. The van der Waals surface area contributed by atoms with Crippen molar-refractivity contribution in [3.05, 3.63) is 28.8 Å². The number of hydrogen-bond acceptors (Lipinski definition) is 4. The van der Waals surface area contributed by atoms with E-state index in [4.69, 9.17) is 19.9 Å². The van der Waals surface area contributed by atoms with E-state index < -0.39 is 5.91 Å². The Kier molecular flexibility index (Phi) is 3.86. The number of methoxy groups -OCH3 is 1. The minimum atomic E-state index is -0.416. The van der Waals surface area contributed by atoms with Crippen molar-refractivity contribution in [3.8, 4) is 5.75 Å². The van der Waals surface area contributed by atoms with E-state index in [1.54, 1.807) is 7.11 Å². The SMILES string of the molecule is COc1cc2c(cc1C(N)=O)CCC1C2CCC2(C)C1CCC21OCCO1. The van der Waals surface area contributed by atoms with Crippen LogP contribution in [0.5, 0.6) is 5.75 Å². The number of benzene rings is 1. The summed E-state index contributed by atoms with van der Waals surface area (Å²) in [5, 5.41) is 0. The first-order chi connectivity index (χ1) is 13.0. The molecule has 0 radical (unpaired) electrons. The van der Waals surface area contributed by atoms with Gasteiger partial charge in [0.15, 0.2) is 5.79 Å². The van der Waals surface area contributed by atoms with Crippen molar-refractivity contribution >= 4 is 5.91 Å². The summed E-state index contributed by atoms with van der Waals surface area (Å²) in [6.07, 6.45) is 6.63. The zero-order valence-corrected chi connectivity index (χ0v) is 16.3. The Labute approximate surface area is 160 Å². The molecular weight excluding hydrogens is 342 g/mol. The quantitative estimate of drug-likeness (QED) is 0.865. The number of carbonyl (C=O) groups excluding carboxylic acids is 1. The fraction of sp³-hybridized carbons (Fsp3) is 0.682. The number of fused-ring (bicyclic) bond motifs is 6. The van der Waals surface area contributed by atoms with Gasteiger partial charge < -0.3 is 19.9 Å². The highest BCUT2D eigenvalue weighted by Crippen LogP contribution is 2.66. The van der Waals surface area contributed by atoms with Crippen LogP contribution in [0.3, 0.4) is 0 Å². The lowest BCUT2D eigenvalue weighted by Crippen LogP contribution is -2.51. The second-order valence-corrected chi connectivity index (χ2v) is 8.98. The van der Waals surface area contributed by atoms with Crippen LogP contribution in [0.15, 0.2) is 12.1 Å². The number of ether oxygens (including phenoxy) is 3. The monoisotopic (exact) mass is 371 g/mol. The Morgan fingerprint density at radius 1 is 1.19 bits per heavy atom. The molecule has 5 rings (SSSR count). The van der Waals surface area contributed by atoms with Gasteiger partial charge >= 0.3 is 0 Å². The molecule has 1 aliphatic heterocycles. The smallest absolute Gasteiger partial charge is 0.252 e. The van der Waals surface area contributed by atoms with Crippen LogP contribution in [-0.4, -0.2) is 32.0 Å². The van der Waals surface area contributed by atoms with Gasteiger partial charge in [-0.3, -0.25) is 4.79 Å². The first-order valence-corrected chi connectivity index (χ1v) is 10.3. The molecule has 1 spiro atoms. The average molecular weight is 371 g/mol. The summed E-state index contributed by atoms with van der Waals surface area (Å²) in [5.74, 6) is 1.65. The van der Waals surface area contributed by atoms with Gasteiger partial charge in [-0.2, -0.15) is 0 Å². The van der Waals surface area contributed by atoms with Gasteiger partial charge in [0.05, 0.1) is 25.9 Å². The number of primary amides is 1. The van der Waals surface area contributed by atoms with Crippen LogP contribution in [0.2, 0.25) is 0 Å². The lowest BCUT2D eigenvalue weighted by Gasteiger charge is -2.52. The Morgan fingerprint density at radius 2 is 1.96 bits per heavy atom. The lowest BCUT2D eigenvalue weighted by atomic mass is 9.54. The summed E-state index contributed by atoms with van der Waals surface area (Å²) >= 11 is 0. The molecule has 4 aliphatic rings. The van der Waals surface area contributed by atoms with Crippen LogP contribution in [-0.2, 0) is 15.9 Å². The predicted octanol–water partition coefficient (Wildman–Crippen LogP) is 3.39. The van der Waals surface area contributed by atoms with Crippen molar-refractivity contribution in [2.24, 2.45) is 23.0 Å². The van der Waals surface area contributed by atoms with Gasteiger partial charge in [-0.15, -0.1) is 0 Å². The third kappa shape index (κ3) is 2.27. The predicted molar refractivity (Wildman–Crippen MR) is 101 cm³/mol. The van der Waals surface area contributed by atoms with Crippen LogP contribution in [0.1, 0.15) is 66.4 Å². The maximum atomic E-state index is 11.8. The fourth-order valence-corrected chi connectivity index (χ4v) is 6.85. The van der Waals surface area contributed by atoms with Crippen molar-refractivity contribution in [3.63, 3.8) is 0 Å². The molecule has 1 heterocycles. The molecule has 4 atom stereocenters. The first kappa shape index (κ1) is 17.5. The highest BCUT2D eigenvalue weighted by Gasteiger charge is 2.65. The zero-order valence-electron chi connectivity index (χ0n) is 16.3. The summed E-state index contributed by atoms with van der Waals surface area (Å²) in [7, 11) is 1.61. The minimum Gasteiger partial charge on any atom is -0.496 e. The van der Waals surface area contributed by atoms with Crippen LogP contribution in [0.25, 0.3) is 0 Å². The standard InChI is InChI=1S/C22H29NO4/c1-21-7-5-14-15(18(21)6-8-22(21)26-9-10-27-22)4-3-13-11-17(20(23)24)19(25-2)12-16(13)14/h11-12,14-15,18H,3-10H2,1-2H3,(H2,23,24). The number of hydrogen-bond donors (Lipinski definition) is 1. The normalized spacial score (nSPS) is 36.1. The van der Waals surface area contributed by atoms with E-state index in [0.717, 1.165) is 38.9 Å². The number of nitrogens with two attached hydrogens (primary N) is 1. The van der Waals surface area contributed by atoms with E-state index in [2.05, 4.69) is 13.0 Å². The van der Waals surface area contributed by atoms with Gasteiger partial charge in [-0.1, -0.05) is 6.92 Å². The molecule has 146 valence electrons. The number of amides is 1. The van der Waals surface area contributed by atoms with E-state index in [0.29, 0.717) is 29.1 Å². The third-order valence-electron chi connectivity index (χ3n) is 8.11. The summed E-state index contributed by atoms with van der Waals surface area (Å²) in [6.45, 7) is 3.86. The van der Waals surface area contributed by atoms with Crippen molar-refractivity contribution < 1.29 is 19.0 Å². The number of rotatable bonds is 2. The molecule has 1 saturated heterocycles. The largest absolute Gasteiger partial charge is 0.496 e. The molecule has 4 unspecified atom stereocenters. The van der Waals surface area contributed by atoms with Crippen molar-refractivity contribution in [2.45, 2.75) is 57.2 Å². The second-order valence-electron chi connectivity index (χ2n) is 8.98. The maximum absolute atomic E-state index is 11.8. The third-order valence-corrected chi connectivity index (χ3v) is 8.11. The molecule has 5 heteroatoms. The molecule has 3 fully saturated rings. The molecule has 0 aromatic heterocycles. The van der Waals surface area contributed by atoms with Crippen LogP contribution in [0, 0.1) is 17.3 Å². The fourth-order valence-electron chi connectivity index (χ4n) is 6.85. The maximum Gasteiger partial charge on any atom is 0.252 e. The molecule has 0 bridgehead atoms. The summed E-state index contributed by atoms with van der Waals surface area (Å²) in [6, 6.07) is 4.06. The van der Waals surface area contributed by atoms with Gasteiger partial charge in [-0.25, -0.2) is 0 Å². The molecule has 2 N–H and O–H groups in total. The summed E-state index contributed by atoms with van der Waals surface area (Å²) in [5.41, 5.74) is 8.81. The molecule has 3 aliphatic carbocycles. The molecule has 5 nitrogen and oxygen atoms in total. The molecule has 2 saturated carbocycles. The highest BCUT2D eigenvalue weighted by atomic mass is 16.7. The van der Waals surface area contributed by atoms with Gasteiger partial charge in [0, 0.05) is 11.8 Å². The molecule has 1 amide bonds. The van der Waals surface area contributed by atoms with Crippen LogP contribution >= 0.6 is 0 Å². The van der Waals surface area contributed by atoms with Crippen LogP contribution < -0.4 is 10.5 Å². The van der Waals surface area contributed by atoms with E-state index in [9.17, 15) is 4.79 Å². The van der Waals surface area contributed by atoms with Crippen molar-refractivity contribution in [1.82, 2.24) is 0 Å². The lowest BCUT2D eigenvalue weighted by molar-refractivity contribution is -0.237. The summed E-state index contributed by atoms with van der Waals surface area (Å²) in [4.78, 5) is 11.8.